The lowest BCUT2D eigenvalue weighted by Gasteiger charge is -2.49. The Labute approximate surface area is 196 Å². The van der Waals surface area contributed by atoms with Crippen molar-refractivity contribution in [3.63, 3.8) is 0 Å². The molecule has 0 saturated heterocycles. The Morgan fingerprint density at radius 1 is 0.387 bits per heavy atom. The molecule has 0 amide bonds. The molecular formula is C31H56. The van der Waals surface area contributed by atoms with Gasteiger partial charge in [-0.05, 0) is 74.0 Å². The molecule has 0 aliphatic heterocycles. The third-order valence-corrected chi connectivity index (χ3v) is 10.8. The summed E-state index contributed by atoms with van der Waals surface area (Å²) in [7, 11) is 0. The van der Waals surface area contributed by atoms with Crippen LogP contribution in [0.1, 0.15) is 167 Å². The Hall–Kier alpha value is 0. The Bertz CT molecular complexity index is 414. The van der Waals surface area contributed by atoms with Gasteiger partial charge in [0.1, 0.15) is 0 Å². The predicted molar refractivity (Wildman–Crippen MR) is 136 cm³/mol. The van der Waals surface area contributed by atoms with E-state index in [0.717, 1.165) is 29.1 Å². The van der Waals surface area contributed by atoms with Crippen LogP contribution in [-0.4, -0.2) is 0 Å². The van der Waals surface area contributed by atoms with Crippen LogP contribution in [0.3, 0.4) is 0 Å². The zero-order valence-corrected chi connectivity index (χ0v) is 21.2. The van der Waals surface area contributed by atoms with Crippen LogP contribution in [0.5, 0.6) is 0 Å². The molecule has 0 atom stereocenters. The fourth-order valence-electron chi connectivity index (χ4n) is 9.23. The van der Waals surface area contributed by atoms with Gasteiger partial charge in [0.25, 0.3) is 0 Å². The highest BCUT2D eigenvalue weighted by atomic mass is 14.6. The van der Waals surface area contributed by atoms with E-state index in [2.05, 4.69) is 0 Å². The molecule has 4 fully saturated rings. The molecule has 0 bridgehead atoms. The van der Waals surface area contributed by atoms with Crippen LogP contribution in [0, 0.1) is 29.1 Å². The van der Waals surface area contributed by atoms with Gasteiger partial charge in [0.15, 0.2) is 0 Å². The zero-order chi connectivity index (χ0) is 21.2. The van der Waals surface area contributed by atoms with Crippen molar-refractivity contribution in [3.05, 3.63) is 0 Å². The first-order valence-corrected chi connectivity index (χ1v) is 15.4. The highest BCUT2D eigenvalue weighted by molar-refractivity contribution is 5.00. The largest absolute Gasteiger partial charge is 0.0533 e. The van der Waals surface area contributed by atoms with Crippen LogP contribution in [0.4, 0.5) is 0 Å². The van der Waals surface area contributed by atoms with E-state index in [0.29, 0.717) is 0 Å². The average Bonchev–Trinajstić information content (AvgIpc) is 3.60. The molecule has 0 radical (unpaired) electrons. The molecule has 0 nitrogen and oxygen atoms in total. The Morgan fingerprint density at radius 3 is 1.26 bits per heavy atom. The second kappa shape index (κ2) is 13.0. The number of unbranched alkanes of at least 4 members (excludes halogenated alkanes) is 6. The molecule has 0 heterocycles. The maximum atomic E-state index is 1.62. The average molecular weight is 429 g/mol. The molecule has 0 unspecified atom stereocenters. The molecule has 180 valence electrons. The quantitative estimate of drug-likeness (QED) is 0.256. The molecule has 4 saturated carbocycles. The van der Waals surface area contributed by atoms with Gasteiger partial charge in [0.2, 0.25) is 0 Å². The maximum Gasteiger partial charge on any atom is -0.0213 e. The summed E-state index contributed by atoms with van der Waals surface area (Å²) in [6.07, 6.45) is 40.4. The van der Waals surface area contributed by atoms with E-state index < -0.39 is 0 Å². The fraction of sp³-hybridized carbons (Fsp3) is 1.00. The van der Waals surface area contributed by atoms with Gasteiger partial charge in [-0.15, -0.1) is 0 Å². The van der Waals surface area contributed by atoms with Crippen LogP contribution >= 0.6 is 0 Å². The van der Waals surface area contributed by atoms with Gasteiger partial charge in [0, 0.05) is 0 Å². The first kappa shape index (κ1) is 24.1. The molecular weight excluding hydrogens is 372 g/mol. The molecule has 0 N–H and O–H groups in total. The Morgan fingerprint density at radius 2 is 0.774 bits per heavy atom. The summed E-state index contributed by atoms with van der Waals surface area (Å²) in [5, 5.41) is 0. The van der Waals surface area contributed by atoms with Crippen molar-refractivity contribution < 1.29 is 0 Å². The number of rotatable bonds is 13. The van der Waals surface area contributed by atoms with E-state index in [1.54, 1.807) is 109 Å². The third-order valence-electron chi connectivity index (χ3n) is 10.8. The van der Waals surface area contributed by atoms with Gasteiger partial charge < -0.3 is 0 Å². The molecule has 0 heteroatoms. The summed E-state index contributed by atoms with van der Waals surface area (Å²) in [4.78, 5) is 0. The normalized spacial score (nSPS) is 25.2. The van der Waals surface area contributed by atoms with Crippen LogP contribution in [0.25, 0.3) is 0 Å². The predicted octanol–water partition coefficient (Wildman–Crippen LogP) is 10.6. The van der Waals surface area contributed by atoms with E-state index in [1.807, 2.05) is 0 Å². The van der Waals surface area contributed by atoms with E-state index in [1.165, 1.54) is 57.8 Å². The van der Waals surface area contributed by atoms with Gasteiger partial charge >= 0.3 is 0 Å². The lowest BCUT2D eigenvalue weighted by Crippen LogP contribution is -2.42. The van der Waals surface area contributed by atoms with Gasteiger partial charge in [-0.2, -0.15) is 0 Å². The van der Waals surface area contributed by atoms with Gasteiger partial charge in [0.05, 0.1) is 0 Å². The molecule has 0 aromatic carbocycles. The summed E-state index contributed by atoms with van der Waals surface area (Å²) in [5.41, 5.74) is 0.781. The summed E-state index contributed by atoms with van der Waals surface area (Å²) < 4.78 is 0. The van der Waals surface area contributed by atoms with Gasteiger partial charge in [-0.3, -0.25) is 0 Å². The van der Waals surface area contributed by atoms with E-state index in [-0.39, 0.29) is 0 Å². The smallest absolute Gasteiger partial charge is 0.0213 e. The summed E-state index contributed by atoms with van der Waals surface area (Å²) >= 11 is 0. The van der Waals surface area contributed by atoms with Gasteiger partial charge in [-0.25, -0.2) is 0 Å². The van der Waals surface area contributed by atoms with E-state index in [4.69, 9.17) is 0 Å². The number of hydrogen-bond donors (Lipinski definition) is 0. The first-order chi connectivity index (χ1) is 15.4. The first-order valence-electron chi connectivity index (χ1n) is 15.4. The standard InChI is InChI=1S/C31H56/c1(2-4-7-17-27-18-8-6-9-19-27)3-5-16-26-31(28-20-10-11-21-28,29-22-12-13-23-29)30-24-14-15-25-30/h27-30H,1-26H2. The van der Waals surface area contributed by atoms with Crippen LogP contribution in [0.2, 0.25) is 0 Å². The summed E-state index contributed by atoms with van der Waals surface area (Å²) in [6, 6.07) is 0. The van der Waals surface area contributed by atoms with E-state index >= 15 is 0 Å². The Balaban J connectivity index is 1.18. The second-order valence-electron chi connectivity index (χ2n) is 12.6. The lowest BCUT2D eigenvalue weighted by molar-refractivity contribution is -0.00658. The zero-order valence-electron chi connectivity index (χ0n) is 21.2. The lowest BCUT2D eigenvalue weighted by atomic mass is 9.55. The summed E-state index contributed by atoms with van der Waals surface area (Å²) in [6.45, 7) is 0. The molecule has 4 aliphatic rings. The van der Waals surface area contributed by atoms with Crippen molar-refractivity contribution in [2.24, 2.45) is 29.1 Å². The minimum Gasteiger partial charge on any atom is -0.0533 e. The van der Waals surface area contributed by atoms with Crippen molar-refractivity contribution in [3.8, 4) is 0 Å². The summed E-state index contributed by atoms with van der Waals surface area (Å²) in [5.74, 6) is 4.43. The molecule has 31 heavy (non-hydrogen) atoms. The molecule has 0 aromatic heterocycles. The van der Waals surface area contributed by atoms with Crippen LogP contribution in [-0.2, 0) is 0 Å². The minimum absolute atomic E-state index is 0.781. The molecule has 0 aromatic rings. The monoisotopic (exact) mass is 428 g/mol. The van der Waals surface area contributed by atoms with Crippen LogP contribution < -0.4 is 0 Å². The van der Waals surface area contributed by atoms with Crippen molar-refractivity contribution >= 4 is 0 Å². The van der Waals surface area contributed by atoms with Crippen LogP contribution in [0.15, 0.2) is 0 Å². The molecule has 4 aliphatic carbocycles. The van der Waals surface area contributed by atoms with Crippen molar-refractivity contribution in [1.29, 1.82) is 0 Å². The van der Waals surface area contributed by atoms with Crippen molar-refractivity contribution in [2.45, 2.75) is 167 Å². The van der Waals surface area contributed by atoms with Gasteiger partial charge in [-0.1, -0.05) is 122 Å². The molecule has 0 spiro atoms. The third kappa shape index (κ3) is 6.53. The Kier molecular flexibility index (Phi) is 10.1. The highest BCUT2D eigenvalue weighted by Gasteiger charge is 2.51. The highest BCUT2D eigenvalue weighted by Crippen LogP contribution is 2.60. The maximum absolute atomic E-state index is 1.62. The second-order valence-corrected chi connectivity index (χ2v) is 12.6. The van der Waals surface area contributed by atoms with E-state index in [9.17, 15) is 0 Å². The fourth-order valence-corrected chi connectivity index (χ4v) is 9.23. The topological polar surface area (TPSA) is 0 Å². The SMILES string of the molecule is C(CCCCC1CCCCC1)CCCCC(C1CCCC1)(C1CCCC1)C1CCCC1. The molecule has 4 rings (SSSR count). The number of hydrogen-bond acceptors (Lipinski definition) is 0. The van der Waals surface area contributed by atoms with Crippen molar-refractivity contribution in [2.75, 3.05) is 0 Å². The van der Waals surface area contributed by atoms with Crippen molar-refractivity contribution in [1.82, 2.24) is 0 Å². The minimum atomic E-state index is 0.781.